The van der Waals surface area contributed by atoms with Crippen LogP contribution < -0.4 is 11.1 Å². The Balaban J connectivity index is 1.89. The molecule has 0 spiro atoms. The Morgan fingerprint density at radius 3 is 2.95 bits per heavy atom. The number of rotatable bonds is 4. The number of amides is 1. The molecule has 1 atom stereocenters. The minimum atomic E-state index is -0.551. The number of anilines is 1. The number of nitrogens with one attached hydrogen (secondary N) is 1. The SMILES string of the molecule is CC(C)N1CCC(CNC(=O)c2cccc(F)c2N)C1. The maximum absolute atomic E-state index is 13.3. The zero-order valence-corrected chi connectivity index (χ0v) is 12.0. The third kappa shape index (κ3) is 3.28. The number of carbonyl (C=O) groups excluding carboxylic acids is 1. The van der Waals surface area contributed by atoms with Gasteiger partial charge in [-0.15, -0.1) is 0 Å². The summed E-state index contributed by atoms with van der Waals surface area (Å²) < 4.78 is 13.3. The van der Waals surface area contributed by atoms with Gasteiger partial charge in [-0.2, -0.15) is 0 Å². The molecule has 1 saturated heterocycles. The highest BCUT2D eigenvalue weighted by atomic mass is 19.1. The molecule has 0 bridgehead atoms. The van der Waals surface area contributed by atoms with E-state index in [1.54, 1.807) is 6.07 Å². The number of hydrogen-bond acceptors (Lipinski definition) is 3. The number of para-hydroxylation sites is 1. The summed E-state index contributed by atoms with van der Waals surface area (Å²) in [7, 11) is 0. The van der Waals surface area contributed by atoms with Crippen LogP contribution in [0.3, 0.4) is 0 Å². The van der Waals surface area contributed by atoms with Gasteiger partial charge in [0.1, 0.15) is 5.82 Å². The molecule has 5 heteroatoms. The third-order valence-corrected chi connectivity index (χ3v) is 3.90. The lowest BCUT2D eigenvalue weighted by Crippen LogP contribution is -2.33. The molecule has 1 fully saturated rings. The fraction of sp³-hybridized carbons (Fsp3) is 0.533. The lowest BCUT2D eigenvalue weighted by Gasteiger charge is -2.20. The van der Waals surface area contributed by atoms with Gasteiger partial charge in [-0.25, -0.2) is 4.39 Å². The molecule has 1 aliphatic heterocycles. The Hall–Kier alpha value is -1.62. The lowest BCUT2D eigenvalue weighted by atomic mass is 10.1. The summed E-state index contributed by atoms with van der Waals surface area (Å²) in [6, 6.07) is 4.83. The Kier molecular flexibility index (Phi) is 4.60. The number of hydrogen-bond donors (Lipinski definition) is 2. The van der Waals surface area contributed by atoms with Crippen LogP contribution in [0.15, 0.2) is 18.2 Å². The first kappa shape index (κ1) is 14.8. The van der Waals surface area contributed by atoms with E-state index < -0.39 is 5.82 Å². The van der Waals surface area contributed by atoms with Crippen molar-refractivity contribution < 1.29 is 9.18 Å². The molecule has 0 aromatic heterocycles. The number of carbonyl (C=O) groups is 1. The highest BCUT2D eigenvalue weighted by Crippen LogP contribution is 2.19. The number of nitrogens with two attached hydrogens (primary N) is 1. The molecule has 1 heterocycles. The Labute approximate surface area is 119 Å². The largest absolute Gasteiger partial charge is 0.396 e. The number of halogens is 1. The Morgan fingerprint density at radius 2 is 2.30 bits per heavy atom. The predicted molar refractivity (Wildman–Crippen MR) is 78.0 cm³/mol. The summed E-state index contributed by atoms with van der Waals surface area (Å²) in [6.45, 7) is 7.03. The fourth-order valence-electron chi connectivity index (χ4n) is 2.57. The second-order valence-corrected chi connectivity index (χ2v) is 5.65. The molecule has 1 aromatic carbocycles. The van der Waals surface area contributed by atoms with E-state index in [0.717, 1.165) is 19.5 Å². The molecule has 0 saturated carbocycles. The second-order valence-electron chi connectivity index (χ2n) is 5.65. The summed E-state index contributed by atoms with van der Waals surface area (Å²) in [5.74, 6) is -0.398. The monoisotopic (exact) mass is 279 g/mol. The van der Waals surface area contributed by atoms with Gasteiger partial charge in [0.25, 0.3) is 5.91 Å². The van der Waals surface area contributed by atoms with Crippen molar-refractivity contribution in [3.05, 3.63) is 29.6 Å². The van der Waals surface area contributed by atoms with Gasteiger partial charge >= 0.3 is 0 Å². The Morgan fingerprint density at radius 1 is 1.55 bits per heavy atom. The number of nitrogen functional groups attached to an aromatic ring is 1. The molecule has 20 heavy (non-hydrogen) atoms. The minimum Gasteiger partial charge on any atom is -0.396 e. The minimum absolute atomic E-state index is 0.0831. The topological polar surface area (TPSA) is 58.4 Å². The molecule has 1 aliphatic rings. The van der Waals surface area contributed by atoms with E-state index in [1.165, 1.54) is 12.1 Å². The normalized spacial score (nSPS) is 19.5. The van der Waals surface area contributed by atoms with Gasteiger partial charge in [-0.3, -0.25) is 4.79 Å². The molecule has 110 valence electrons. The van der Waals surface area contributed by atoms with Gasteiger partial charge in [0, 0.05) is 19.1 Å². The van der Waals surface area contributed by atoms with E-state index in [-0.39, 0.29) is 17.2 Å². The van der Waals surface area contributed by atoms with Crippen LogP contribution in [0.25, 0.3) is 0 Å². The van der Waals surface area contributed by atoms with Crippen LogP contribution in [-0.4, -0.2) is 36.5 Å². The van der Waals surface area contributed by atoms with Gasteiger partial charge in [0.05, 0.1) is 11.3 Å². The van der Waals surface area contributed by atoms with E-state index >= 15 is 0 Å². The smallest absolute Gasteiger partial charge is 0.253 e. The maximum atomic E-state index is 13.3. The quantitative estimate of drug-likeness (QED) is 0.827. The van der Waals surface area contributed by atoms with Gasteiger partial charge in [-0.05, 0) is 44.9 Å². The average molecular weight is 279 g/mol. The van der Waals surface area contributed by atoms with Crippen molar-refractivity contribution >= 4 is 11.6 Å². The lowest BCUT2D eigenvalue weighted by molar-refractivity contribution is 0.0947. The van der Waals surface area contributed by atoms with E-state index in [4.69, 9.17) is 5.73 Å². The van der Waals surface area contributed by atoms with Crippen LogP contribution >= 0.6 is 0 Å². The van der Waals surface area contributed by atoms with Gasteiger partial charge in [-0.1, -0.05) is 6.07 Å². The maximum Gasteiger partial charge on any atom is 0.253 e. The van der Waals surface area contributed by atoms with Gasteiger partial charge < -0.3 is 16.0 Å². The van der Waals surface area contributed by atoms with Crippen molar-refractivity contribution in [1.82, 2.24) is 10.2 Å². The van der Waals surface area contributed by atoms with E-state index in [2.05, 4.69) is 24.1 Å². The first-order chi connectivity index (χ1) is 9.49. The molecule has 1 unspecified atom stereocenters. The molecule has 1 aromatic rings. The van der Waals surface area contributed by atoms with Gasteiger partial charge in [0.15, 0.2) is 0 Å². The standard InChI is InChI=1S/C15H22FN3O/c1-10(2)19-7-6-11(9-19)8-18-15(20)12-4-3-5-13(16)14(12)17/h3-5,10-11H,6-9,17H2,1-2H3,(H,18,20). The summed E-state index contributed by atoms with van der Waals surface area (Å²) in [5.41, 5.74) is 5.71. The number of likely N-dealkylation sites (tertiary alicyclic amines) is 1. The van der Waals surface area contributed by atoms with Crippen molar-refractivity contribution in [3.63, 3.8) is 0 Å². The highest BCUT2D eigenvalue weighted by Gasteiger charge is 2.24. The van der Waals surface area contributed by atoms with E-state index in [9.17, 15) is 9.18 Å². The fourth-order valence-corrected chi connectivity index (χ4v) is 2.57. The molecular formula is C15H22FN3O. The molecule has 3 N–H and O–H groups in total. The summed E-state index contributed by atoms with van der Waals surface area (Å²) in [6.07, 6.45) is 1.08. The second kappa shape index (κ2) is 6.22. The van der Waals surface area contributed by atoms with E-state index in [1.807, 2.05) is 0 Å². The summed E-state index contributed by atoms with van der Waals surface area (Å²) in [5, 5.41) is 2.86. The molecule has 1 amide bonds. The van der Waals surface area contributed by atoms with Crippen molar-refractivity contribution in [1.29, 1.82) is 0 Å². The van der Waals surface area contributed by atoms with Crippen molar-refractivity contribution in [2.75, 3.05) is 25.4 Å². The van der Waals surface area contributed by atoms with Crippen molar-refractivity contribution in [2.45, 2.75) is 26.3 Å². The van der Waals surface area contributed by atoms with Crippen LogP contribution in [0.2, 0.25) is 0 Å². The zero-order chi connectivity index (χ0) is 14.7. The zero-order valence-electron chi connectivity index (χ0n) is 12.0. The average Bonchev–Trinajstić information content (AvgIpc) is 2.88. The number of benzene rings is 1. The molecule has 0 radical (unpaired) electrons. The van der Waals surface area contributed by atoms with Crippen molar-refractivity contribution in [3.8, 4) is 0 Å². The summed E-state index contributed by atoms with van der Waals surface area (Å²) in [4.78, 5) is 14.4. The molecule has 2 rings (SSSR count). The highest BCUT2D eigenvalue weighted by molar-refractivity contribution is 5.99. The first-order valence-electron chi connectivity index (χ1n) is 7.05. The van der Waals surface area contributed by atoms with Crippen LogP contribution in [-0.2, 0) is 0 Å². The molecule has 0 aliphatic carbocycles. The molecule has 4 nitrogen and oxygen atoms in total. The van der Waals surface area contributed by atoms with Crippen LogP contribution in [0.5, 0.6) is 0 Å². The van der Waals surface area contributed by atoms with Crippen LogP contribution in [0, 0.1) is 11.7 Å². The van der Waals surface area contributed by atoms with E-state index in [0.29, 0.717) is 18.5 Å². The third-order valence-electron chi connectivity index (χ3n) is 3.90. The summed E-state index contributed by atoms with van der Waals surface area (Å²) >= 11 is 0. The van der Waals surface area contributed by atoms with Crippen molar-refractivity contribution in [2.24, 2.45) is 5.92 Å². The van der Waals surface area contributed by atoms with Crippen LogP contribution in [0.4, 0.5) is 10.1 Å². The molecular weight excluding hydrogens is 257 g/mol. The first-order valence-corrected chi connectivity index (χ1v) is 7.05. The van der Waals surface area contributed by atoms with Gasteiger partial charge in [0.2, 0.25) is 0 Å². The predicted octanol–water partition coefficient (Wildman–Crippen LogP) is 1.87. The number of nitrogens with zero attached hydrogens (tertiary/aromatic N) is 1. The Bertz CT molecular complexity index is 490. The van der Waals surface area contributed by atoms with Crippen LogP contribution in [0.1, 0.15) is 30.6 Å².